The number of amides is 2. The molecule has 0 saturated heterocycles. The molecule has 6 heteroatoms. The highest BCUT2D eigenvalue weighted by Gasteiger charge is 2.39. The average Bonchev–Trinajstić information content (AvgIpc) is 3.31. The van der Waals surface area contributed by atoms with Crippen molar-refractivity contribution in [3.8, 4) is 0 Å². The van der Waals surface area contributed by atoms with Crippen LogP contribution in [0.1, 0.15) is 29.3 Å². The standard InChI is InChI=1S/C19H18Cl2N2O2/c1-11-8-16(11)19(25)23-15-6-3-12(4-7-15)18(24)22-10-13-2-5-14(20)9-17(13)21/h2-7,9,11,16H,8,10H2,1H3,(H,22,24)(H,23,25). The Bertz CT molecular complexity index is 806. The predicted molar refractivity (Wildman–Crippen MR) is 100.0 cm³/mol. The van der Waals surface area contributed by atoms with Gasteiger partial charge in [-0.25, -0.2) is 0 Å². The van der Waals surface area contributed by atoms with Crippen molar-refractivity contribution < 1.29 is 9.59 Å². The molecule has 4 nitrogen and oxygen atoms in total. The first-order chi connectivity index (χ1) is 11.9. The van der Waals surface area contributed by atoms with E-state index in [2.05, 4.69) is 17.6 Å². The molecule has 2 aromatic rings. The molecule has 1 aliphatic rings. The molecule has 2 amide bonds. The minimum atomic E-state index is -0.209. The highest BCUT2D eigenvalue weighted by molar-refractivity contribution is 6.35. The lowest BCUT2D eigenvalue weighted by Crippen LogP contribution is -2.23. The van der Waals surface area contributed by atoms with Crippen LogP contribution in [0.2, 0.25) is 10.0 Å². The minimum absolute atomic E-state index is 0.0436. The van der Waals surface area contributed by atoms with Gasteiger partial charge < -0.3 is 10.6 Å². The van der Waals surface area contributed by atoms with Gasteiger partial charge in [0, 0.05) is 33.8 Å². The molecule has 0 radical (unpaired) electrons. The highest BCUT2D eigenvalue weighted by Crippen LogP contribution is 2.38. The van der Waals surface area contributed by atoms with E-state index in [1.807, 2.05) is 0 Å². The fourth-order valence-corrected chi connectivity index (χ4v) is 3.05. The van der Waals surface area contributed by atoms with E-state index >= 15 is 0 Å². The zero-order valence-electron chi connectivity index (χ0n) is 13.7. The Morgan fingerprint density at radius 3 is 2.40 bits per heavy atom. The van der Waals surface area contributed by atoms with Crippen LogP contribution in [0.15, 0.2) is 42.5 Å². The molecule has 0 aromatic heterocycles. The van der Waals surface area contributed by atoms with Gasteiger partial charge in [-0.15, -0.1) is 0 Å². The lowest BCUT2D eigenvalue weighted by Gasteiger charge is -2.09. The topological polar surface area (TPSA) is 58.2 Å². The Balaban J connectivity index is 1.56. The van der Waals surface area contributed by atoms with E-state index in [1.165, 1.54) is 0 Å². The first-order valence-electron chi connectivity index (χ1n) is 8.07. The van der Waals surface area contributed by atoms with Gasteiger partial charge in [0.15, 0.2) is 0 Å². The van der Waals surface area contributed by atoms with Gasteiger partial charge in [-0.3, -0.25) is 9.59 Å². The van der Waals surface area contributed by atoms with E-state index in [-0.39, 0.29) is 17.7 Å². The summed E-state index contributed by atoms with van der Waals surface area (Å²) >= 11 is 11.9. The number of rotatable bonds is 5. The number of carbonyl (C=O) groups excluding carboxylic acids is 2. The van der Waals surface area contributed by atoms with E-state index in [9.17, 15) is 9.59 Å². The summed E-state index contributed by atoms with van der Waals surface area (Å²) in [6.45, 7) is 2.37. The van der Waals surface area contributed by atoms with Crippen LogP contribution in [0.3, 0.4) is 0 Å². The maximum atomic E-state index is 12.2. The van der Waals surface area contributed by atoms with Crippen LogP contribution in [-0.2, 0) is 11.3 Å². The summed E-state index contributed by atoms with van der Waals surface area (Å²) in [5.74, 6) is 0.415. The molecule has 3 rings (SSSR count). The molecule has 1 saturated carbocycles. The summed E-state index contributed by atoms with van der Waals surface area (Å²) in [6, 6.07) is 12.0. The van der Waals surface area contributed by atoms with E-state index in [0.29, 0.717) is 33.8 Å². The summed E-state index contributed by atoms with van der Waals surface area (Å²) in [5, 5.41) is 6.75. The number of carbonyl (C=O) groups is 2. The summed E-state index contributed by atoms with van der Waals surface area (Å²) in [5.41, 5.74) is 2.01. The van der Waals surface area contributed by atoms with Crippen LogP contribution in [0.5, 0.6) is 0 Å². The van der Waals surface area contributed by atoms with Gasteiger partial charge >= 0.3 is 0 Å². The lowest BCUT2D eigenvalue weighted by molar-refractivity contribution is -0.117. The second-order valence-electron chi connectivity index (χ2n) is 6.30. The highest BCUT2D eigenvalue weighted by atomic mass is 35.5. The molecule has 0 aliphatic heterocycles. The zero-order valence-corrected chi connectivity index (χ0v) is 15.2. The number of hydrogen-bond donors (Lipinski definition) is 2. The molecule has 25 heavy (non-hydrogen) atoms. The molecule has 0 heterocycles. The van der Waals surface area contributed by atoms with Crippen LogP contribution in [0.25, 0.3) is 0 Å². The van der Waals surface area contributed by atoms with Crippen molar-refractivity contribution in [2.45, 2.75) is 19.9 Å². The van der Waals surface area contributed by atoms with Gasteiger partial charge in [0.2, 0.25) is 5.91 Å². The molecule has 0 bridgehead atoms. The third kappa shape index (κ3) is 4.53. The van der Waals surface area contributed by atoms with Crippen LogP contribution in [0, 0.1) is 11.8 Å². The van der Waals surface area contributed by atoms with Crippen molar-refractivity contribution >= 4 is 40.7 Å². The van der Waals surface area contributed by atoms with Crippen LogP contribution < -0.4 is 10.6 Å². The van der Waals surface area contributed by atoms with Crippen molar-refractivity contribution in [1.82, 2.24) is 5.32 Å². The quantitative estimate of drug-likeness (QED) is 0.805. The van der Waals surface area contributed by atoms with Crippen LogP contribution in [0.4, 0.5) is 5.69 Å². The van der Waals surface area contributed by atoms with Gasteiger partial charge in [-0.1, -0.05) is 36.2 Å². The lowest BCUT2D eigenvalue weighted by atomic mass is 10.1. The third-order valence-corrected chi connectivity index (χ3v) is 4.90. The molecule has 1 aliphatic carbocycles. The molecule has 2 atom stereocenters. The maximum absolute atomic E-state index is 12.2. The van der Waals surface area contributed by atoms with Crippen molar-refractivity contribution in [2.75, 3.05) is 5.32 Å². The van der Waals surface area contributed by atoms with E-state index < -0.39 is 0 Å². The smallest absolute Gasteiger partial charge is 0.251 e. The first kappa shape index (κ1) is 17.8. The van der Waals surface area contributed by atoms with Gasteiger partial charge in [0.1, 0.15) is 0 Å². The summed E-state index contributed by atoms with van der Waals surface area (Å²) in [4.78, 5) is 24.1. The fourth-order valence-electron chi connectivity index (χ4n) is 2.57. The molecule has 130 valence electrons. The Hall–Kier alpha value is -2.04. The van der Waals surface area contributed by atoms with Crippen molar-refractivity contribution in [3.05, 3.63) is 63.6 Å². The first-order valence-corrected chi connectivity index (χ1v) is 8.82. The number of halogens is 2. The van der Waals surface area contributed by atoms with Gasteiger partial charge in [-0.05, 0) is 54.3 Å². The number of benzene rings is 2. The van der Waals surface area contributed by atoms with Crippen molar-refractivity contribution in [3.63, 3.8) is 0 Å². The number of anilines is 1. The normalized spacial score (nSPS) is 18.5. The monoisotopic (exact) mass is 376 g/mol. The molecule has 1 fully saturated rings. The van der Waals surface area contributed by atoms with Gasteiger partial charge in [0.05, 0.1) is 0 Å². The predicted octanol–water partition coefficient (Wildman–Crippen LogP) is 4.52. The summed E-state index contributed by atoms with van der Waals surface area (Å²) in [6.07, 6.45) is 0.944. The third-order valence-electron chi connectivity index (χ3n) is 4.32. The SMILES string of the molecule is CC1CC1C(=O)Nc1ccc(C(=O)NCc2ccc(Cl)cc2Cl)cc1. The van der Waals surface area contributed by atoms with E-state index in [0.717, 1.165) is 12.0 Å². The fraction of sp³-hybridized carbons (Fsp3) is 0.263. The Kier molecular flexibility index (Phi) is 5.30. The zero-order chi connectivity index (χ0) is 18.0. The second kappa shape index (κ2) is 7.46. The van der Waals surface area contributed by atoms with Gasteiger partial charge in [-0.2, -0.15) is 0 Å². The van der Waals surface area contributed by atoms with Gasteiger partial charge in [0.25, 0.3) is 5.91 Å². The number of nitrogens with one attached hydrogen (secondary N) is 2. The van der Waals surface area contributed by atoms with E-state index in [1.54, 1.807) is 42.5 Å². The van der Waals surface area contributed by atoms with Crippen molar-refractivity contribution in [2.24, 2.45) is 11.8 Å². The van der Waals surface area contributed by atoms with Crippen LogP contribution in [-0.4, -0.2) is 11.8 Å². The number of hydrogen-bond acceptors (Lipinski definition) is 2. The van der Waals surface area contributed by atoms with Crippen LogP contribution >= 0.6 is 23.2 Å². The summed E-state index contributed by atoms with van der Waals surface area (Å²) < 4.78 is 0. The van der Waals surface area contributed by atoms with E-state index in [4.69, 9.17) is 23.2 Å². The minimum Gasteiger partial charge on any atom is -0.348 e. The molecular formula is C19H18Cl2N2O2. The molecule has 2 aromatic carbocycles. The molecule has 0 spiro atoms. The second-order valence-corrected chi connectivity index (χ2v) is 7.15. The molecule has 2 N–H and O–H groups in total. The Morgan fingerprint density at radius 1 is 1.12 bits per heavy atom. The largest absolute Gasteiger partial charge is 0.348 e. The van der Waals surface area contributed by atoms with Crippen molar-refractivity contribution in [1.29, 1.82) is 0 Å². The Labute approximate surface area is 156 Å². The average molecular weight is 377 g/mol. The summed E-state index contributed by atoms with van der Waals surface area (Å²) in [7, 11) is 0. The Morgan fingerprint density at radius 2 is 1.80 bits per heavy atom. The maximum Gasteiger partial charge on any atom is 0.251 e. The molecular weight excluding hydrogens is 359 g/mol. The molecule has 2 unspecified atom stereocenters.